The normalized spacial score (nSPS) is 14.6. The number of aliphatic carboxylic acids is 1. The number of hydrogen-bond donors (Lipinski definition) is 1. The van der Waals surface area contributed by atoms with E-state index in [1.807, 2.05) is 22.6 Å². The highest BCUT2D eigenvalue weighted by Gasteiger charge is 2.35. The summed E-state index contributed by atoms with van der Waals surface area (Å²) in [4.78, 5) is 37.4. The Labute approximate surface area is 213 Å². The van der Waals surface area contributed by atoms with E-state index in [-0.39, 0.29) is 18.1 Å². The van der Waals surface area contributed by atoms with E-state index >= 15 is 0 Å². The van der Waals surface area contributed by atoms with Crippen molar-refractivity contribution in [1.82, 2.24) is 4.90 Å². The Bertz CT molecular complexity index is 1110. The lowest BCUT2D eigenvalue weighted by Crippen LogP contribution is -2.32. The molecule has 0 atom stereocenters. The summed E-state index contributed by atoms with van der Waals surface area (Å²) in [5.74, 6) is -0.396. The van der Waals surface area contributed by atoms with Crippen molar-refractivity contribution in [1.29, 1.82) is 0 Å². The van der Waals surface area contributed by atoms with Crippen LogP contribution in [-0.2, 0) is 9.59 Å². The van der Waals surface area contributed by atoms with Gasteiger partial charge in [0.1, 0.15) is 12.4 Å². The van der Waals surface area contributed by atoms with Crippen LogP contribution in [0.4, 0.5) is 4.79 Å². The molecule has 3 rings (SSSR count). The van der Waals surface area contributed by atoms with Gasteiger partial charge in [0.15, 0.2) is 18.1 Å². The number of ether oxygens (including phenoxy) is 3. The molecule has 0 bridgehead atoms. The summed E-state index contributed by atoms with van der Waals surface area (Å²) in [7, 11) is 0. The summed E-state index contributed by atoms with van der Waals surface area (Å²) in [5.41, 5.74) is 0.614. The summed E-state index contributed by atoms with van der Waals surface area (Å²) in [5, 5.41) is 8.93. The van der Waals surface area contributed by atoms with E-state index in [4.69, 9.17) is 30.9 Å². The maximum Gasteiger partial charge on any atom is 0.341 e. The van der Waals surface area contributed by atoms with Gasteiger partial charge in [0.05, 0.1) is 26.6 Å². The van der Waals surface area contributed by atoms with Gasteiger partial charge in [-0.3, -0.25) is 14.5 Å². The second-order valence-electron chi connectivity index (χ2n) is 6.56. The van der Waals surface area contributed by atoms with Crippen molar-refractivity contribution in [3.8, 4) is 17.2 Å². The minimum Gasteiger partial charge on any atom is -0.490 e. The fourth-order valence-electron chi connectivity index (χ4n) is 2.86. The Hall–Kier alpha value is -2.44. The number of nitrogens with zero attached hydrogens (tertiary/aromatic N) is 1. The zero-order chi connectivity index (χ0) is 24.0. The Morgan fingerprint density at radius 1 is 1.18 bits per heavy atom. The molecule has 1 saturated heterocycles. The molecule has 33 heavy (non-hydrogen) atoms. The standard InChI is InChI=1S/C22H19ClINO7S/c1-2-30-17-10-13(9-15(24)20(17)32-12-19(26)27)11-18-21(28)25(22(29)33-18)7-8-31-16-6-4-3-5-14(16)23/h3-6,9-11H,2,7-8,12H2,1H3,(H,26,27)/b18-11-. The largest absolute Gasteiger partial charge is 0.490 e. The molecule has 1 N–H and O–H groups in total. The molecule has 1 aliphatic heterocycles. The number of rotatable bonds is 10. The van der Waals surface area contributed by atoms with Gasteiger partial charge in [-0.25, -0.2) is 4.79 Å². The van der Waals surface area contributed by atoms with Crippen LogP contribution in [0.3, 0.4) is 0 Å². The second kappa shape index (κ2) is 11.6. The number of carbonyl (C=O) groups is 3. The van der Waals surface area contributed by atoms with Crippen molar-refractivity contribution < 1.29 is 33.7 Å². The molecule has 174 valence electrons. The number of benzene rings is 2. The van der Waals surface area contributed by atoms with Gasteiger partial charge < -0.3 is 19.3 Å². The van der Waals surface area contributed by atoms with Crippen LogP contribution in [0.2, 0.25) is 5.02 Å². The van der Waals surface area contributed by atoms with E-state index in [2.05, 4.69) is 0 Å². The first-order valence-corrected chi connectivity index (χ1v) is 12.0. The fraction of sp³-hybridized carbons (Fsp3) is 0.227. The number of hydrogen-bond acceptors (Lipinski definition) is 7. The number of carbonyl (C=O) groups excluding carboxylic acids is 2. The monoisotopic (exact) mass is 603 g/mol. The number of thioether (sulfide) groups is 1. The maximum absolute atomic E-state index is 12.8. The highest BCUT2D eigenvalue weighted by molar-refractivity contribution is 14.1. The third kappa shape index (κ3) is 6.55. The Morgan fingerprint density at radius 2 is 1.94 bits per heavy atom. The van der Waals surface area contributed by atoms with Gasteiger partial charge in [-0.05, 0) is 77.2 Å². The average molecular weight is 604 g/mol. The Kier molecular flexibility index (Phi) is 8.87. The highest BCUT2D eigenvalue weighted by Crippen LogP contribution is 2.37. The van der Waals surface area contributed by atoms with Crippen LogP contribution >= 0.6 is 46.0 Å². The zero-order valence-electron chi connectivity index (χ0n) is 17.4. The van der Waals surface area contributed by atoms with Crippen LogP contribution in [0.15, 0.2) is 41.3 Å². The first kappa shape index (κ1) is 25.2. The predicted molar refractivity (Wildman–Crippen MR) is 133 cm³/mol. The summed E-state index contributed by atoms with van der Waals surface area (Å²) in [6.07, 6.45) is 1.59. The fourth-order valence-corrected chi connectivity index (χ4v) is 4.70. The molecule has 2 aromatic carbocycles. The van der Waals surface area contributed by atoms with E-state index in [9.17, 15) is 14.4 Å². The van der Waals surface area contributed by atoms with Crippen LogP contribution in [0.25, 0.3) is 6.08 Å². The van der Waals surface area contributed by atoms with E-state index in [0.29, 0.717) is 38.0 Å². The number of amides is 2. The molecule has 8 nitrogen and oxygen atoms in total. The Morgan fingerprint density at radius 3 is 2.64 bits per heavy atom. The van der Waals surface area contributed by atoms with Crippen molar-refractivity contribution in [3.63, 3.8) is 0 Å². The highest BCUT2D eigenvalue weighted by atomic mass is 127. The van der Waals surface area contributed by atoms with Crippen LogP contribution < -0.4 is 14.2 Å². The van der Waals surface area contributed by atoms with Gasteiger partial charge in [-0.1, -0.05) is 23.7 Å². The van der Waals surface area contributed by atoms with E-state index < -0.39 is 23.7 Å². The molecule has 0 aliphatic carbocycles. The van der Waals surface area contributed by atoms with Crippen LogP contribution in [0.1, 0.15) is 12.5 Å². The molecular weight excluding hydrogens is 585 g/mol. The first-order chi connectivity index (χ1) is 15.8. The predicted octanol–water partition coefficient (Wildman–Crippen LogP) is 4.92. The second-order valence-corrected chi connectivity index (χ2v) is 9.12. The number of carboxylic acids is 1. The Balaban J connectivity index is 1.73. The summed E-state index contributed by atoms with van der Waals surface area (Å²) in [6.45, 7) is 1.81. The van der Waals surface area contributed by atoms with Gasteiger partial charge >= 0.3 is 5.97 Å². The van der Waals surface area contributed by atoms with Gasteiger partial charge in [0.2, 0.25) is 0 Å². The summed E-state index contributed by atoms with van der Waals surface area (Å²) < 4.78 is 17.1. The molecule has 0 spiro atoms. The van der Waals surface area contributed by atoms with E-state index in [1.165, 1.54) is 0 Å². The quantitative estimate of drug-likeness (QED) is 0.302. The van der Waals surface area contributed by atoms with Crippen molar-refractivity contribution in [3.05, 3.63) is 55.5 Å². The van der Waals surface area contributed by atoms with Crippen LogP contribution in [0.5, 0.6) is 17.2 Å². The third-order valence-electron chi connectivity index (χ3n) is 4.25. The van der Waals surface area contributed by atoms with E-state index in [1.54, 1.807) is 49.4 Å². The molecule has 2 amide bonds. The number of halogens is 2. The van der Waals surface area contributed by atoms with Gasteiger partial charge in [-0.15, -0.1) is 0 Å². The number of imide groups is 1. The molecule has 0 radical (unpaired) electrons. The molecular formula is C22H19ClINO7S. The lowest BCUT2D eigenvalue weighted by atomic mass is 10.2. The SMILES string of the molecule is CCOc1cc(/C=C2\SC(=O)N(CCOc3ccccc3Cl)C2=O)cc(I)c1OCC(=O)O. The molecule has 1 heterocycles. The smallest absolute Gasteiger partial charge is 0.341 e. The minimum atomic E-state index is -1.11. The van der Waals surface area contributed by atoms with E-state index in [0.717, 1.165) is 16.7 Å². The van der Waals surface area contributed by atoms with Crippen molar-refractivity contribution >= 4 is 69.1 Å². The summed E-state index contributed by atoms with van der Waals surface area (Å²) >= 11 is 8.89. The average Bonchev–Trinajstić information content (AvgIpc) is 3.02. The third-order valence-corrected chi connectivity index (χ3v) is 6.27. The van der Waals surface area contributed by atoms with Gasteiger partial charge in [0.25, 0.3) is 11.1 Å². The minimum absolute atomic E-state index is 0.0803. The number of para-hydroxylation sites is 1. The first-order valence-electron chi connectivity index (χ1n) is 9.73. The van der Waals surface area contributed by atoms with Gasteiger partial charge in [0, 0.05) is 0 Å². The molecule has 1 aliphatic rings. The molecule has 1 fully saturated rings. The van der Waals surface area contributed by atoms with Crippen LogP contribution in [0, 0.1) is 3.57 Å². The maximum atomic E-state index is 12.8. The lowest BCUT2D eigenvalue weighted by Gasteiger charge is -2.14. The van der Waals surface area contributed by atoms with Crippen molar-refractivity contribution in [2.24, 2.45) is 0 Å². The lowest BCUT2D eigenvalue weighted by molar-refractivity contribution is -0.139. The molecule has 0 aromatic heterocycles. The van der Waals surface area contributed by atoms with Gasteiger partial charge in [-0.2, -0.15) is 0 Å². The van der Waals surface area contributed by atoms with Crippen molar-refractivity contribution in [2.45, 2.75) is 6.92 Å². The van der Waals surface area contributed by atoms with Crippen molar-refractivity contribution in [2.75, 3.05) is 26.4 Å². The summed E-state index contributed by atoms with van der Waals surface area (Å²) in [6, 6.07) is 10.3. The van der Waals surface area contributed by atoms with Crippen LogP contribution in [-0.4, -0.2) is 53.5 Å². The molecule has 2 aromatic rings. The zero-order valence-corrected chi connectivity index (χ0v) is 21.1. The molecule has 0 saturated carbocycles. The molecule has 11 heteroatoms. The molecule has 0 unspecified atom stereocenters. The number of carboxylic acid groups (broad SMARTS) is 1. The topological polar surface area (TPSA) is 102 Å².